The molecule has 0 aromatic carbocycles. The monoisotopic (exact) mass is 213 g/mol. The summed E-state index contributed by atoms with van der Waals surface area (Å²) in [6.07, 6.45) is 3.69. The van der Waals surface area contributed by atoms with E-state index in [-0.39, 0.29) is 18.2 Å². The molecule has 15 heavy (non-hydrogen) atoms. The molecule has 1 aliphatic carbocycles. The molecule has 0 saturated carbocycles. The molecular formula is C9H15N3O3. The first-order chi connectivity index (χ1) is 7.15. The van der Waals surface area contributed by atoms with Crippen molar-refractivity contribution in [2.24, 2.45) is 17.5 Å². The van der Waals surface area contributed by atoms with Crippen molar-refractivity contribution in [3.8, 4) is 0 Å². The lowest BCUT2D eigenvalue weighted by molar-refractivity contribution is 0.0785. The topological polar surface area (TPSA) is 115 Å². The Morgan fingerprint density at radius 1 is 1.60 bits per heavy atom. The van der Waals surface area contributed by atoms with Crippen LogP contribution in [-0.2, 0) is 9.57 Å². The molecule has 1 atom stereocenters. The van der Waals surface area contributed by atoms with E-state index >= 15 is 0 Å². The predicted octanol–water partition coefficient (Wildman–Crippen LogP) is 0.175. The first-order valence-corrected chi connectivity index (χ1v) is 4.54. The first kappa shape index (κ1) is 11.5. The van der Waals surface area contributed by atoms with E-state index in [0.29, 0.717) is 18.8 Å². The fraction of sp³-hybridized carbons (Fsp3) is 0.444. The van der Waals surface area contributed by atoms with Crippen LogP contribution in [0.15, 0.2) is 23.7 Å². The van der Waals surface area contributed by atoms with Gasteiger partial charge in [-0.25, -0.2) is 5.90 Å². The summed E-state index contributed by atoms with van der Waals surface area (Å²) in [4.78, 5) is 4.33. The van der Waals surface area contributed by atoms with Gasteiger partial charge in [0.1, 0.15) is 30.6 Å². The van der Waals surface area contributed by atoms with E-state index in [1.54, 1.807) is 6.08 Å². The zero-order valence-corrected chi connectivity index (χ0v) is 8.27. The van der Waals surface area contributed by atoms with Gasteiger partial charge in [-0.2, -0.15) is 0 Å². The second-order valence-corrected chi connectivity index (χ2v) is 3.14. The number of amidine groups is 1. The van der Waals surface area contributed by atoms with E-state index in [1.165, 1.54) is 6.08 Å². The molecule has 6 nitrogen and oxygen atoms in total. The van der Waals surface area contributed by atoms with E-state index in [2.05, 4.69) is 4.84 Å². The van der Waals surface area contributed by atoms with Gasteiger partial charge in [-0.3, -0.25) is 5.41 Å². The lowest BCUT2D eigenvalue weighted by atomic mass is 9.97. The molecule has 6 heteroatoms. The quantitative estimate of drug-likeness (QED) is 0.225. The SMILES string of the molecule is N=C(N)C1CC=C(OCCON)C=C1O. The Morgan fingerprint density at radius 2 is 2.33 bits per heavy atom. The number of rotatable bonds is 5. The number of aliphatic hydroxyl groups is 1. The minimum atomic E-state index is -0.428. The van der Waals surface area contributed by atoms with Crippen LogP contribution in [0.1, 0.15) is 6.42 Å². The zero-order chi connectivity index (χ0) is 11.3. The molecule has 1 aliphatic rings. The van der Waals surface area contributed by atoms with Crippen LogP contribution in [-0.4, -0.2) is 24.2 Å². The third-order valence-corrected chi connectivity index (χ3v) is 2.05. The Morgan fingerprint density at radius 3 is 2.87 bits per heavy atom. The van der Waals surface area contributed by atoms with E-state index < -0.39 is 5.92 Å². The highest BCUT2D eigenvalue weighted by molar-refractivity contribution is 5.82. The number of aliphatic hydroxyl groups excluding tert-OH is 1. The number of allylic oxidation sites excluding steroid dienone is 2. The maximum Gasteiger partial charge on any atom is 0.118 e. The Labute approximate surface area is 87.6 Å². The molecule has 0 bridgehead atoms. The molecule has 0 fully saturated rings. The van der Waals surface area contributed by atoms with Gasteiger partial charge in [0.25, 0.3) is 0 Å². The zero-order valence-electron chi connectivity index (χ0n) is 8.27. The van der Waals surface area contributed by atoms with Crippen LogP contribution in [0.5, 0.6) is 0 Å². The Bertz CT molecular complexity index is 299. The van der Waals surface area contributed by atoms with Crippen molar-refractivity contribution in [3.63, 3.8) is 0 Å². The molecule has 0 heterocycles. The average molecular weight is 213 g/mol. The van der Waals surface area contributed by atoms with Gasteiger partial charge < -0.3 is 20.4 Å². The van der Waals surface area contributed by atoms with Crippen LogP contribution >= 0.6 is 0 Å². The minimum Gasteiger partial charge on any atom is -0.511 e. The third kappa shape index (κ3) is 3.26. The van der Waals surface area contributed by atoms with Crippen LogP contribution < -0.4 is 11.6 Å². The summed E-state index contributed by atoms with van der Waals surface area (Å²) in [5.41, 5.74) is 5.30. The van der Waals surface area contributed by atoms with Gasteiger partial charge in [0.2, 0.25) is 0 Å². The Balaban J connectivity index is 2.49. The third-order valence-electron chi connectivity index (χ3n) is 2.05. The summed E-state index contributed by atoms with van der Waals surface area (Å²) in [5.74, 6) is 4.94. The summed E-state index contributed by atoms with van der Waals surface area (Å²) >= 11 is 0. The van der Waals surface area contributed by atoms with Crippen molar-refractivity contribution in [1.29, 1.82) is 5.41 Å². The summed E-state index contributed by atoms with van der Waals surface area (Å²) < 4.78 is 5.23. The molecule has 1 unspecified atom stereocenters. The highest BCUT2D eigenvalue weighted by Crippen LogP contribution is 2.22. The van der Waals surface area contributed by atoms with Crippen LogP contribution in [0.3, 0.4) is 0 Å². The molecule has 0 aromatic rings. The molecule has 1 rings (SSSR count). The first-order valence-electron chi connectivity index (χ1n) is 4.54. The van der Waals surface area contributed by atoms with Crippen molar-refractivity contribution in [2.75, 3.05) is 13.2 Å². The maximum absolute atomic E-state index is 9.53. The molecule has 0 radical (unpaired) electrons. The van der Waals surface area contributed by atoms with Gasteiger partial charge in [-0.1, -0.05) is 0 Å². The smallest absolute Gasteiger partial charge is 0.118 e. The molecule has 0 aromatic heterocycles. The standard InChI is InChI=1S/C9H15N3O3/c10-9(11)7-2-1-6(5-8(7)13)14-3-4-15-12/h1,5,7,13H,2-4,12H2,(H3,10,11). The Kier molecular flexibility index (Phi) is 4.14. The fourth-order valence-corrected chi connectivity index (χ4v) is 1.25. The fourth-order valence-electron chi connectivity index (χ4n) is 1.25. The molecule has 0 spiro atoms. The molecular weight excluding hydrogens is 198 g/mol. The van der Waals surface area contributed by atoms with Gasteiger partial charge in [0, 0.05) is 6.08 Å². The number of hydrogen-bond acceptors (Lipinski definition) is 5. The molecule has 0 aliphatic heterocycles. The summed E-state index contributed by atoms with van der Waals surface area (Å²) in [6, 6.07) is 0. The van der Waals surface area contributed by atoms with Crippen LogP contribution in [0.2, 0.25) is 0 Å². The van der Waals surface area contributed by atoms with Gasteiger partial charge in [-0.15, -0.1) is 0 Å². The van der Waals surface area contributed by atoms with Crippen molar-refractivity contribution in [1.82, 2.24) is 0 Å². The van der Waals surface area contributed by atoms with Crippen LogP contribution in [0, 0.1) is 11.3 Å². The second kappa shape index (κ2) is 5.38. The summed E-state index contributed by atoms with van der Waals surface area (Å²) in [5, 5.41) is 16.8. The van der Waals surface area contributed by atoms with E-state index in [9.17, 15) is 5.11 Å². The predicted molar refractivity (Wildman–Crippen MR) is 54.9 cm³/mol. The highest BCUT2D eigenvalue weighted by atomic mass is 16.6. The van der Waals surface area contributed by atoms with Gasteiger partial charge in [-0.05, 0) is 12.5 Å². The average Bonchev–Trinajstić information content (AvgIpc) is 2.17. The molecule has 84 valence electrons. The van der Waals surface area contributed by atoms with Crippen molar-refractivity contribution in [2.45, 2.75) is 6.42 Å². The van der Waals surface area contributed by atoms with E-state index in [1.807, 2.05) is 0 Å². The lowest BCUT2D eigenvalue weighted by Gasteiger charge is -2.18. The second-order valence-electron chi connectivity index (χ2n) is 3.14. The van der Waals surface area contributed by atoms with Crippen molar-refractivity contribution in [3.05, 3.63) is 23.7 Å². The number of nitrogens with one attached hydrogen (secondary N) is 1. The lowest BCUT2D eigenvalue weighted by Crippen LogP contribution is -2.25. The van der Waals surface area contributed by atoms with Crippen molar-refractivity contribution >= 4 is 5.84 Å². The maximum atomic E-state index is 9.53. The molecule has 0 saturated heterocycles. The van der Waals surface area contributed by atoms with E-state index in [0.717, 1.165) is 0 Å². The van der Waals surface area contributed by atoms with Gasteiger partial charge in [0.15, 0.2) is 0 Å². The molecule has 0 amide bonds. The van der Waals surface area contributed by atoms with Gasteiger partial charge in [0.05, 0.1) is 5.92 Å². The van der Waals surface area contributed by atoms with Crippen LogP contribution in [0.25, 0.3) is 0 Å². The normalized spacial score (nSPS) is 20.5. The number of nitrogens with two attached hydrogens (primary N) is 2. The number of ether oxygens (including phenoxy) is 1. The molecule has 6 N–H and O–H groups in total. The minimum absolute atomic E-state index is 0.0497. The largest absolute Gasteiger partial charge is 0.511 e. The van der Waals surface area contributed by atoms with E-state index in [4.69, 9.17) is 21.8 Å². The Hall–Kier alpha value is -1.53. The highest BCUT2D eigenvalue weighted by Gasteiger charge is 2.20. The van der Waals surface area contributed by atoms with Crippen LogP contribution in [0.4, 0.5) is 0 Å². The summed E-state index contributed by atoms with van der Waals surface area (Å²) in [7, 11) is 0. The van der Waals surface area contributed by atoms with Gasteiger partial charge >= 0.3 is 0 Å². The van der Waals surface area contributed by atoms with Crippen molar-refractivity contribution < 1.29 is 14.7 Å². The number of hydrogen-bond donors (Lipinski definition) is 4. The summed E-state index contributed by atoms with van der Waals surface area (Å²) in [6.45, 7) is 0.596.